The van der Waals surface area contributed by atoms with E-state index in [0.717, 1.165) is 0 Å². The number of nitrogens with one attached hydrogen (secondary N) is 2. The monoisotopic (exact) mass is 225 g/mol. The number of rotatable bonds is 7. The lowest BCUT2D eigenvalue weighted by molar-refractivity contribution is 0.195. The second kappa shape index (κ2) is 6.57. The molecule has 1 radical (unpaired) electrons. The maximum Gasteiger partial charge on any atom is 0.404 e. The van der Waals surface area contributed by atoms with Crippen molar-refractivity contribution in [3.8, 4) is 0 Å². The maximum atomic E-state index is 10.2. The lowest BCUT2D eigenvalue weighted by Gasteiger charge is -2.01. The zero-order valence-corrected chi connectivity index (χ0v) is 8.25. The summed E-state index contributed by atoms with van der Waals surface area (Å²) in [5, 5.41) is 10.3. The SMILES string of the molecule is O=C(O)NC[CH]CCCNS(=O)(=O)O. The van der Waals surface area contributed by atoms with Crippen LogP contribution >= 0.6 is 0 Å². The lowest BCUT2D eigenvalue weighted by atomic mass is 10.2. The van der Waals surface area contributed by atoms with Crippen LogP contribution in [-0.4, -0.2) is 37.3 Å². The van der Waals surface area contributed by atoms with Gasteiger partial charge in [0.15, 0.2) is 0 Å². The van der Waals surface area contributed by atoms with Crippen molar-refractivity contribution in [1.29, 1.82) is 0 Å². The molecule has 14 heavy (non-hydrogen) atoms. The number of carboxylic acid groups (broad SMARTS) is 1. The Bertz CT molecular complexity index is 263. The van der Waals surface area contributed by atoms with E-state index in [1.807, 2.05) is 4.72 Å². The fourth-order valence-electron chi connectivity index (χ4n) is 0.709. The van der Waals surface area contributed by atoms with Crippen LogP contribution in [-0.2, 0) is 10.3 Å². The normalized spacial score (nSPS) is 11.2. The van der Waals surface area contributed by atoms with Crippen molar-refractivity contribution in [3.05, 3.63) is 6.42 Å². The molecule has 0 aromatic rings. The summed E-state index contributed by atoms with van der Waals surface area (Å²) in [7, 11) is -4.10. The molecule has 0 aliphatic heterocycles. The van der Waals surface area contributed by atoms with Gasteiger partial charge in [-0.2, -0.15) is 13.1 Å². The van der Waals surface area contributed by atoms with Crippen LogP contribution < -0.4 is 10.0 Å². The van der Waals surface area contributed by atoms with Gasteiger partial charge in [-0.05, 0) is 19.3 Å². The molecule has 0 heterocycles. The predicted octanol–water partition coefficient (Wildman–Crippen LogP) is -0.369. The highest BCUT2D eigenvalue weighted by Gasteiger charge is 2.00. The van der Waals surface area contributed by atoms with Gasteiger partial charge in [-0.1, -0.05) is 0 Å². The first kappa shape index (κ1) is 13.1. The zero-order chi connectivity index (χ0) is 11.0. The molecule has 0 unspecified atom stereocenters. The second-order valence-electron chi connectivity index (χ2n) is 2.49. The van der Waals surface area contributed by atoms with E-state index >= 15 is 0 Å². The van der Waals surface area contributed by atoms with Crippen molar-refractivity contribution in [2.45, 2.75) is 12.8 Å². The molecule has 0 saturated heterocycles. The van der Waals surface area contributed by atoms with Gasteiger partial charge in [-0.25, -0.2) is 4.79 Å². The average Bonchev–Trinajstić information content (AvgIpc) is 2.00. The standard InChI is InChI=1S/C6H13N2O5S/c9-6(10)7-4-2-1-3-5-8-14(11,12)13/h2,7-8H,1,3-5H2,(H,9,10)(H,11,12,13). The number of hydrogen-bond acceptors (Lipinski definition) is 3. The molecular weight excluding hydrogens is 212 g/mol. The van der Waals surface area contributed by atoms with Gasteiger partial charge in [0, 0.05) is 13.1 Å². The molecule has 0 aromatic heterocycles. The molecule has 0 fully saturated rings. The average molecular weight is 225 g/mol. The Labute approximate surface area is 82.4 Å². The number of hydrogen-bond donors (Lipinski definition) is 4. The predicted molar refractivity (Wildman–Crippen MR) is 49.1 cm³/mol. The Hall–Kier alpha value is -0.860. The quantitative estimate of drug-likeness (QED) is 0.348. The molecule has 8 heteroatoms. The van der Waals surface area contributed by atoms with E-state index in [0.29, 0.717) is 12.8 Å². The Balaban J connectivity index is 3.19. The fraction of sp³-hybridized carbons (Fsp3) is 0.667. The van der Waals surface area contributed by atoms with E-state index in [1.165, 1.54) is 0 Å². The fourth-order valence-corrected chi connectivity index (χ4v) is 1.11. The van der Waals surface area contributed by atoms with E-state index < -0.39 is 16.4 Å². The smallest absolute Gasteiger partial charge is 0.404 e. The van der Waals surface area contributed by atoms with Crippen LogP contribution in [0.1, 0.15) is 12.8 Å². The summed E-state index contributed by atoms with van der Waals surface area (Å²) in [5.41, 5.74) is 0. The highest BCUT2D eigenvalue weighted by atomic mass is 32.2. The molecule has 0 aliphatic carbocycles. The van der Waals surface area contributed by atoms with Crippen LogP contribution in [0.25, 0.3) is 0 Å². The minimum atomic E-state index is -4.10. The maximum absolute atomic E-state index is 10.2. The summed E-state index contributed by atoms with van der Waals surface area (Å²) in [5.74, 6) is 0. The van der Waals surface area contributed by atoms with Crippen molar-refractivity contribution in [2.24, 2.45) is 0 Å². The van der Waals surface area contributed by atoms with E-state index in [4.69, 9.17) is 9.66 Å². The molecule has 0 aromatic carbocycles. The molecule has 0 aliphatic rings. The van der Waals surface area contributed by atoms with Gasteiger partial charge in [-0.15, -0.1) is 0 Å². The Morgan fingerprint density at radius 2 is 2.07 bits per heavy atom. The lowest BCUT2D eigenvalue weighted by Crippen LogP contribution is -2.24. The minimum absolute atomic E-state index is 0.127. The second-order valence-corrected chi connectivity index (χ2v) is 3.73. The summed E-state index contributed by atoms with van der Waals surface area (Å²) in [4.78, 5) is 9.96. The van der Waals surface area contributed by atoms with Crippen LogP contribution in [0.3, 0.4) is 0 Å². The summed E-state index contributed by atoms with van der Waals surface area (Å²) < 4.78 is 30.5. The first-order valence-electron chi connectivity index (χ1n) is 3.92. The first-order chi connectivity index (χ1) is 6.42. The van der Waals surface area contributed by atoms with Gasteiger partial charge in [0.05, 0.1) is 0 Å². The van der Waals surface area contributed by atoms with Crippen LogP contribution in [0.15, 0.2) is 0 Å². The first-order valence-corrected chi connectivity index (χ1v) is 5.36. The molecule has 0 spiro atoms. The summed E-state index contributed by atoms with van der Waals surface area (Å²) in [6.07, 6.45) is 1.63. The molecule has 0 bridgehead atoms. The number of carbonyl (C=O) groups is 1. The van der Waals surface area contributed by atoms with Gasteiger partial charge in [0.1, 0.15) is 0 Å². The molecular formula is C6H13N2O5S. The van der Waals surface area contributed by atoms with Gasteiger partial charge in [0.25, 0.3) is 0 Å². The van der Waals surface area contributed by atoms with Crippen LogP contribution in [0.4, 0.5) is 4.79 Å². The van der Waals surface area contributed by atoms with Gasteiger partial charge < -0.3 is 10.4 Å². The van der Waals surface area contributed by atoms with E-state index in [2.05, 4.69) is 5.32 Å². The molecule has 83 valence electrons. The third kappa shape index (κ3) is 11.1. The van der Waals surface area contributed by atoms with E-state index in [1.54, 1.807) is 6.42 Å². The van der Waals surface area contributed by atoms with Crippen molar-refractivity contribution < 1.29 is 22.9 Å². The van der Waals surface area contributed by atoms with Crippen LogP contribution in [0, 0.1) is 6.42 Å². The van der Waals surface area contributed by atoms with E-state index in [9.17, 15) is 13.2 Å². The van der Waals surface area contributed by atoms with Crippen molar-refractivity contribution in [2.75, 3.05) is 13.1 Å². The molecule has 7 nitrogen and oxygen atoms in total. The molecule has 1 amide bonds. The van der Waals surface area contributed by atoms with Crippen LogP contribution in [0.5, 0.6) is 0 Å². The minimum Gasteiger partial charge on any atom is -0.465 e. The molecule has 0 saturated carbocycles. The van der Waals surface area contributed by atoms with Crippen LogP contribution in [0.2, 0.25) is 0 Å². The summed E-state index contributed by atoms with van der Waals surface area (Å²) in [6.45, 7) is 0.351. The van der Waals surface area contributed by atoms with E-state index in [-0.39, 0.29) is 13.1 Å². The number of unbranched alkanes of at least 4 members (excludes halogenated alkanes) is 2. The third-order valence-corrected chi connectivity index (χ3v) is 1.84. The Kier molecular flexibility index (Phi) is 6.17. The molecule has 0 atom stereocenters. The van der Waals surface area contributed by atoms with Gasteiger partial charge in [0.2, 0.25) is 0 Å². The Morgan fingerprint density at radius 3 is 2.57 bits per heavy atom. The van der Waals surface area contributed by atoms with Crippen molar-refractivity contribution in [1.82, 2.24) is 10.0 Å². The molecule has 4 N–H and O–H groups in total. The highest BCUT2D eigenvalue weighted by molar-refractivity contribution is 7.83. The van der Waals surface area contributed by atoms with Crippen molar-refractivity contribution >= 4 is 16.4 Å². The van der Waals surface area contributed by atoms with Gasteiger partial charge >= 0.3 is 16.4 Å². The highest BCUT2D eigenvalue weighted by Crippen LogP contribution is 1.91. The van der Waals surface area contributed by atoms with Gasteiger partial charge in [-0.3, -0.25) is 4.55 Å². The largest absolute Gasteiger partial charge is 0.465 e. The van der Waals surface area contributed by atoms with Crippen molar-refractivity contribution in [3.63, 3.8) is 0 Å². The Morgan fingerprint density at radius 1 is 1.43 bits per heavy atom. The zero-order valence-electron chi connectivity index (χ0n) is 7.43. The summed E-state index contributed by atoms with van der Waals surface area (Å²) >= 11 is 0. The number of amides is 1. The summed E-state index contributed by atoms with van der Waals surface area (Å²) in [6, 6.07) is 0. The third-order valence-electron chi connectivity index (χ3n) is 1.27. The molecule has 0 rings (SSSR count). The topological polar surface area (TPSA) is 116 Å².